The van der Waals surface area contributed by atoms with Gasteiger partial charge in [0, 0.05) is 6.61 Å². The fraction of sp³-hybridized carbons (Fsp3) is 1.00. The smallest absolute Gasteiger partial charge is 0.104 e. The maximum atomic E-state index is 10.0. The Morgan fingerprint density at radius 3 is 2.92 bits per heavy atom. The monoisotopic (exact) mass is 192 g/mol. The first kappa shape index (κ1) is 10.3. The van der Waals surface area contributed by atoms with Crippen LogP contribution in [0, 0.1) is 0 Å². The van der Waals surface area contributed by atoms with Gasteiger partial charge in [0.25, 0.3) is 0 Å². The van der Waals surface area contributed by atoms with E-state index < -0.39 is 5.60 Å². The average Bonchev–Trinajstić information content (AvgIpc) is 2.10. The molecule has 1 aliphatic carbocycles. The van der Waals surface area contributed by atoms with Gasteiger partial charge >= 0.3 is 0 Å². The van der Waals surface area contributed by atoms with Crippen LogP contribution < -0.4 is 0 Å². The molecule has 0 aliphatic heterocycles. The summed E-state index contributed by atoms with van der Waals surface area (Å²) in [6.07, 6.45) is 3.88. The van der Waals surface area contributed by atoms with E-state index >= 15 is 0 Å². The quantitative estimate of drug-likeness (QED) is 0.693. The van der Waals surface area contributed by atoms with Crippen LogP contribution in [0.3, 0.4) is 0 Å². The summed E-state index contributed by atoms with van der Waals surface area (Å²) in [7, 11) is 0. The van der Waals surface area contributed by atoms with Gasteiger partial charge in [0.15, 0.2) is 0 Å². The van der Waals surface area contributed by atoms with Gasteiger partial charge in [-0.25, -0.2) is 0 Å². The lowest BCUT2D eigenvalue weighted by Crippen LogP contribution is -2.48. The minimum Gasteiger partial charge on any atom is -0.386 e. The van der Waals surface area contributed by atoms with Gasteiger partial charge in [-0.2, -0.15) is 0 Å². The van der Waals surface area contributed by atoms with Gasteiger partial charge in [-0.1, -0.05) is 12.8 Å². The Bertz CT molecular complexity index is 138. The molecule has 1 saturated carbocycles. The van der Waals surface area contributed by atoms with Gasteiger partial charge in [0.1, 0.15) is 5.60 Å². The molecule has 0 aromatic carbocycles. The molecule has 0 saturated heterocycles. The molecule has 3 heteroatoms. The number of aliphatic hydroxyl groups is 1. The van der Waals surface area contributed by atoms with E-state index in [1.54, 1.807) is 0 Å². The number of hydrogen-bond acceptors (Lipinski definition) is 2. The van der Waals surface area contributed by atoms with Crippen LogP contribution in [0.4, 0.5) is 0 Å². The van der Waals surface area contributed by atoms with Crippen LogP contribution in [0.1, 0.15) is 32.6 Å². The van der Waals surface area contributed by atoms with E-state index in [1.165, 1.54) is 0 Å². The lowest BCUT2D eigenvalue weighted by Gasteiger charge is -2.38. The first-order valence-corrected chi connectivity index (χ1v) is 5.16. The third-order valence-corrected chi connectivity index (χ3v) is 2.99. The second kappa shape index (κ2) is 4.45. The summed E-state index contributed by atoms with van der Waals surface area (Å²) in [6, 6.07) is 0. The van der Waals surface area contributed by atoms with Crippen molar-refractivity contribution in [3.63, 3.8) is 0 Å². The van der Waals surface area contributed by atoms with Crippen molar-refractivity contribution in [1.29, 1.82) is 0 Å². The Morgan fingerprint density at radius 2 is 2.33 bits per heavy atom. The van der Waals surface area contributed by atoms with E-state index in [0.717, 1.165) is 25.7 Å². The van der Waals surface area contributed by atoms with Crippen LogP contribution in [0.25, 0.3) is 0 Å². The molecule has 1 aliphatic rings. The Morgan fingerprint density at radius 1 is 1.58 bits per heavy atom. The van der Waals surface area contributed by atoms with E-state index in [0.29, 0.717) is 6.61 Å². The van der Waals surface area contributed by atoms with Crippen LogP contribution in [0.2, 0.25) is 0 Å². The van der Waals surface area contributed by atoms with Crippen LogP contribution in [-0.2, 0) is 4.74 Å². The second-order valence-corrected chi connectivity index (χ2v) is 3.69. The van der Waals surface area contributed by atoms with Gasteiger partial charge < -0.3 is 9.84 Å². The fourth-order valence-corrected chi connectivity index (χ4v) is 2.09. The molecule has 2 nitrogen and oxygen atoms in total. The number of ether oxygens (including phenoxy) is 1. The molecule has 0 aromatic heterocycles. The molecule has 0 spiro atoms. The van der Waals surface area contributed by atoms with Crippen molar-refractivity contribution >= 4 is 11.6 Å². The average molecular weight is 193 g/mol. The highest BCUT2D eigenvalue weighted by atomic mass is 35.5. The molecule has 0 aromatic rings. The van der Waals surface area contributed by atoms with Gasteiger partial charge in [0.2, 0.25) is 0 Å². The van der Waals surface area contributed by atoms with Gasteiger partial charge in [-0.3, -0.25) is 0 Å². The molecule has 0 amide bonds. The number of rotatable bonds is 3. The number of alkyl halides is 1. The lowest BCUT2D eigenvalue weighted by molar-refractivity contribution is -0.115. The second-order valence-electron chi connectivity index (χ2n) is 3.43. The van der Waals surface area contributed by atoms with E-state index in [1.807, 2.05) is 6.92 Å². The van der Waals surface area contributed by atoms with Crippen LogP contribution in [0.5, 0.6) is 0 Å². The highest BCUT2D eigenvalue weighted by Crippen LogP contribution is 2.31. The molecule has 2 atom stereocenters. The summed E-state index contributed by atoms with van der Waals surface area (Å²) in [4.78, 5) is 0. The largest absolute Gasteiger partial charge is 0.386 e. The standard InChI is InChI=1S/C9H17ClO2/c1-2-12-8-5-3-4-6-9(8,11)7-10/h8,11H,2-7H2,1H3. The molecule has 72 valence electrons. The minimum absolute atomic E-state index is 0.0475. The van der Waals surface area contributed by atoms with E-state index in [4.69, 9.17) is 16.3 Å². The molecule has 0 bridgehead atoms. The van der Waals surface area contributed by atoms with Crippen molar-refractivity contribution in [2.45, 2.75) is 44.3 Å². The Kier molecular flexibility index (Phi) is 3.81. The predicted molar refractivity (Wildman–Crippen MR) is 49.6 cm³/mol. The molecular formula is C9H17ClO2. The normalized spacial score (nSPS) is 36.8. The Hall–Kier alpha value is 0.210. The van der Waals surface area contributed by atoms with Crippen molar-refractivity contribution in [1.82, 2.24) is 0 Å². The zero-order chi connectivity index (χ0) is 9.03. The van der Waals surface area contributed by atoms with Crippen molar-refractivity contribution in [3.8, 4) is 0 Å². The first-order valence-electron chi connectivity index (χ1n) is 4.63. The topological polar surface area (TPSA) is 29.5 Å². The summed E-state index contributed by atoms with van der Waals surface area (Å²) in [6.45, 7) is 2.60. The fourth-order valence-electron chi connectivity index (χ4n) is 1.78. The van der Waals surface area contributed by atoms with Crippen molar-refractivity contribution < 1.29 is 9.84 Å². The number of hydrogen-bond donors (Lipinski definition) is 1. The zero-order valence-corrected chi connectivity index (χ0v) is 8.31. The molecule has 1 fully saturated rings. The zero-order valence-electron chi connectivity index (χ0n) is 7.55. The van der Waals surface area contributed by atoms with Crippen LogP contribution in [0.15, 0.2) is 0 Å². The van der Waals surface area contributed by atoms with Gasteiger partial charge in [-0.15, -0.1) is 11.6 Å². The third kappa shape index (κ3) is 2.12. The highest BCUT2D eigenvalue weighted by Gasteiger charge is 2.38. The Labute approximate surface area is 78.9 Å². The minimum atomic E-state index is -0.768. The van der Waals surface area contributed by atoms with E-state index in [2.05, 4.69) is 0 Å². The van der Waals surface area contributed by atoms with Crippen molar-refractivity contribution in [2.75, 3.05) is 12.5 Å². The molecular weight excluding hydrogens is 176 g/mol. The predicted octanol–water partition coefficient (Wildman–Crippen LogP) is 1.94. The lowest BCUT2D eigenvalue weighted by atomic mass is 9.83. The molecule has 12 heavy (non-hydrogen) atoms. The van der Waals surface area contributed by atoms with Crippen LogP contribution >= 0.6 is 11.6 Å². The Balaban J connectivity index is 2.53. The summed E-state index contributed by atoms with van der Waals surface area (Å²) in [5, 5.41) is 10.0. The third-order valence-electron chi connectivity index (χ3n) is 2.52. The molecule has 0 radical (unpaired) electrons. The summed E-state index contributed by atoms with van der Waals surface area (Å²) < 4.78 is 5.45. The molecule has 1 N–H and O–H groups in total. The maximum Gasteiger partial charge on any atom is 0.104 e. The molecule has 2 unspecified atom stereocenters. The summed E-state index contributed by atoms with van der Waals surface area (Å²) in [5.74, 6) is 0.289. The van der Waals surface area contributed by atoms with E-state index in [-0.39, 0.29) is 12.0 Å². The van der Waals surface area contributed by atoms with Crippen LogP contribution in [-0.4, -0.2) is 29.3 Å². The first-order chi connectivity index (χ1) is 5.73. The van der Waals surface area contributed by atoms with Gasteiger partial charge in [-0.05, 0) is 19.8 Å². The molecule has 1 rings (SSSR count). The maximum absolute atomic E-state index is 10.0. The number of halogens is 1. The van der Waals surface area contributed by atoms with Gasteiger partial charge in [0.05, 0.1) is 12.0 Å². The van der Waals surface area contributed by atoms with Crippen molar-refractivity contribution in [3.05, 3.63) is 0 Å². The summed E-state index contributed by atoms with van der Waals surface area (Å²) >= 11 is 5.72. The SMILES string of the molecule is CCOC1CCCCC1(O)CCl. The van der Waals surface area contributed by atoms with Crippen molar-refractivity contribution in [2.24, 2.45) is 0 Å². The summed E-state index contributed by atoms with van der Waals surface area (Å²) in [5.41, 5.74) is -0.768. The van der Waals surface area contributed by atoms with E-state index in [9.17, 15) is 5.11 Å². The highest BCUT2D eigenvalue weighted by molar-refractivity contribution is 6.18. The molecule has 0 heterocycles.